The first kappa shape index (κ1) is 16.4. The van der Waals surface area contributed by atoms with Gasteiger partial charge in [-0.15, -0.1) is 0 Å². The average Bonchev–Trinajstić information content (AvgIpc) is 3.02. The highest BCUT2D eigenvalue weighted by atomic mass is 16.4. The van der Waals surface area contributed by atoms with Crippen LogP contribution in [0, 0.1) is 22.7 Å². The first-order valence-electron chi connectivity index (χ1n) is 8.83. The first-order chi connectivity index (χ1) is 10.9. The van der Waals surface area contributed by atoms with Gasteiger partial charge in [0.1, 0.15) is 0 Å². The van der Waals surface area contributed by atoms with Gasteiger partial charge in [0.2, 0.25) is 0 Å². The minimum atomic E-state index is -0.625. The van der Waals surface area contributed by atoms with Gasteiger partial charge in [-0.3, -0.25) is 4.79 Å². The van der Waals surface area contributed by atoms with Gasteiger partial charge in [-0.25, -0.2) is 0 Å². The van der Waals surface area contributed by atoms with Crippen LogP contribution < -0.4 is 0 Å². The highest BCUT2D eigenvalue weighted by molar-refractivity contribution is 5.76. The highest BCUT2D eigenvalue weighted by Crippen LogP contribution is 2.62. The van der Waals surface area contributed by atoms with Gasteiger partial charge in [-0.05, 0) is 74.3 Å². The number of fused-ring (bicyclic) bond motifs is 1. The Morgan fingerprint density at radius 1 is 1.43 bits per heavy atom. The van der Waals surface area contributed by atoms with Crippen LogP contribution in [-0.2, 0) is 11.2 Å². The molecule has 2 aliphatic rings. The van der Waals surface area contributed by atoms with Crippen LogP contribution in [0.1, 0.15) is 58.4 Å². The van der Waals surface area contributed by atoms with Crippen molar-refractivity contribution in [1.82, 2.24) is 0 Å². The molecule has 0 saturated heterocycles. The number of rotatable bonds is 4. The van der Waals surface area contributed by atoms with Crippen LogP contribution in [0.4, 0.5) is 0 Å². The molecule has 1 heterocycles. The Morgan fingerprint density at radius 3 is 2.87 bits per heavy atom. The van der Waals surface area contributed by atoms with Gasteiger partial charge >= 0.3 is 5.97 Å². The SMILES string of the molecule is CC1=CCCC2C1(C)CCC(C)C2(CCc1ccoc1)C(=O)O. The summed E-state index contributed by atoms with van der Waals surface area (Å²) in [7, 11) is 0. The number of hydrogen-bond donors (Lipinski definition) is 1. The van der Waals surface area contributed by atoms with Crippen molar-refractivity contribution in [1.29, 1.82) is 0 Å². The van der Waals surface area contributed by atoms with Crippen LogP contribution >= 0.6 is 0 Å². The maximum atomic E-state index is 12.5. The Hall–Kier alpha value is -1.51. The third-order valence-corrected chi connectivity index (χ3v) is 6.98. The van der Waals surface area contributed by atoms with Gasteiger partial charge in [0.25, 0.3) is 0 Å². The lowest BCUT2D eigenvalue weighted by Gasteiger charge is -2.57. The summed E-state index contributed by atoms with van der Waals surface area (Å²) in [5.41, 5.74) is 1.92. The van der Waals surface area contributed by atoms with Gasteiger partial charge in [0.05, 0.1) is 17.9 Å². The molecular weight excluding hydrogens is 288 g/mol. The van der Waals surface area contributed by atoms with E-state index in [0.717, 1.165) is 37.7 Å². The molecule has 4 atom stereocenters. The normalized spacial score (nSPS) is 37.1. The van der Waals surface area contributed by atoms with Crippen LogP contribution in [0.3, 0.4) is 0 Å². The molecule has 2 aliphatic carbocycles. The predicted octanol–water partition coefficient (Wildman–Crippen LogP) is 5.08. The molecule has 3 nitrogen and oxygen atoms in total. The molecule has 1 fully saturated rings. The van der Waals surface area contributed by atoms with Gasteiger partial charge in [-0.1, -0.05) is 25.5 Å². The summed E-state index contributed by atoms with van der Waals surface area (Å²) >= 11 is 0. The quantitative estimate of drug-likeness (QED) is 0.788. The standard InChI is InChI=1S/C20H28O3/c1-14-5-4-6-17-19(14,3)10-7-15(2)20(17,18(21)22)11-8-16-9-12-23-13-16/h5,9,12-13,15,17H,4,6-8,10-11H2,1-3H3,(H,21,22). The molecule has 3 heteroatoms. The third kappa shape index (κ3) is 2.45. The maximum Gasteiger partial charge on any atom is 0.310 e. The van der Waals surface area contributed by atoms with E-state index in [4.69, 9.17) is 4.42 Å². The second-order valence-electron chi connectivity index (χ2n) is 7.85. The molecule has 1 N–H and O–H groups in total. The number of aliphatic carboxylic acids is 1. The summed E-state index contributed by atoms with van der Waals surface area (Å²) in [5.74, 6) is -0.150. The molecule has 1 aromatic rings. The van der Waals surface area contributed by atoms with Crippen LogP contribution in [0.5, 0.6) is 0 Å². The summed E-state index contributed by atoms with van der Waals surface area (Å²) in [6.07, 6.45) is 11.3. The van der Waals surface area contributed by atoms with Gasteiger partial charge in [-0.2, -0.15) is 0 Å². The minimum Gasteiger partial charge on any atom is -0.481 e. The van der Waals surface area contributed by atoms with Crippen molar-refractivity contribution in [3.63, 3.8) is 0 Å². The third-order valence-electron chi connectivity index (χ3n) is 6.98. The number of carboxylic acid groups (broad SMARTS) is 1. The van der Waals surface area contributed by atoms with Crippen molar-refractivity contribution in [3.8, 4) is 0 Å². The summed E-state index contributed by atoms with van der Waals surface area (Å²) in [6.45, 7) is 6.64. The van der Waals surface area contributed by atoms with E-state index < -0.39 is 11.4 Å². The largest absolute Gasteiger partial charge is 0.481 e. The lowest BCUT2D eigenvalue weighted by Crippen LogP contribution is -2.55. The van der Waals surface area contributed by atoms with Crippen LogP contribution in [0.25, 0.3) is 0 Å². The number of carboxylic acids is 1. The number of aryl methyl sites for hydroxylation is 1. The zero-order chi connectivity index (χ0) is 16.7. The van der Waals surface area contributed by atoms with E-state index in [2.05, 4.69) is 26.8 Å². The van der Waals surface area contributed by atoms with Crippen LogP contribution in [0.2, 0.25) is 0 Å². The minimum absolute atomic E-state index is 0.0412. The van der Waals surface area contributed by atoms with E-state index in [1.807, 2.05) is 6.07 Å². The monoisotopic (exact) mass is 316 g/mol. The molecule has 126 valence electrons. The Labute approximate surface area is 138 Å². The molecule has 3 rings (SSSR count). The van der Waals surface area contributed by atoms with E-state index in [1.54, 1.807) is 12.5 Å². The van der Waals surface area contributed by atoms with Gasteiger partial charge in [0.15, 0.2) is 0 Å². The van der Waals surface area contributed by atoms with Crippen molar-refractivity contribution >= 4 is 5.97 Å². The highest BCUT2D eigenvalue weighted by Gasteiger charge is 2.59. The molecule has 0 aliphatic heterocycles. The average molecular weight is 316 g/mol. The first-order valence-corrected chi connectivity index (χ1v) is 8.83. The van der Waals surface area contributed by atoms with E-state index >= 15 is 0 Å². The van der Waals surface area contributed by atoms with Gasteiger partial charge in [0, 0.05) is 0 Å². The Morgan fingerprint density at radius 2 is 2.22 bits per heavy atom. The predicted molar refractivity (Wildman–Crippen MR) is 90.1 cm³/mol. The van der Waals surface area contributed by atoms with Crippen molar-refractivity contribution in [2.45, 2.75) is 59.3 Å². The van der Waals surface area contributed by atoms with Crippen molar-refractivity contribution in [2.24, 2.45) is 22.7 Å². The lowest BCUT2D eigenvalue weighted by atomic mass is 9.46. The Balaban J connectivity index is 1.98. The van der Waals surface area contributed by atoms with Crippen molar-refractivity contribution < 1.29 is 14.3 Å². The topological polar surface area (TPSA) is 50.4 Å². The molecule has 1 aromatic heterocycles. The van der Waals surface area contributed by atoms with E-state index in [1.165, 1.54) is 5.57 Å². The lowest BCUT2D eigenvalue weighted by molar-refractivity contribution is -0.169. The van der Waals surface area contributed by atoms with E-state index in [-0.39, 0.29) is 17.3 Å². The van der Waals surface area contributed by atoms with E-state index in [0.29, 0.717) is 6.42 Å². The summed E-state index contributed by atoms with van der Waals surface area (Å²) in [5, 5.41) is 10.3. The molecule has 0 radical (unpaired) electrons. The fourth-order valence-electron chi connectivity index (χ4n) is 5.28. The number of carbonyl (C=O) groups is 1. The summed E-state index contributed by atoms with van der Waals surface area (Å²) < 4.78 is 5.16. The summed E-state index contributed by atoms with van der Waals surface area (Å²) in [6, 6.07) is 1.95. The zero-order valence-electron chi connectivity index (χ0n) is 14.5. The molecule has 0 aromatic carbocycles. The zero-order valence-corrected chi connectivity index (χ0v) is 14.5. The second-order valence-corrected chi connectivity index (χ2v) is 7.85. The molecule has 23 heavy (non-hydrogen) atoms. The molecular formula is C20H28O3. The molecule has 0 bridgehead atoms. The van der Waals surface area contributed by atoms with Crippen LogP contribution in [0.15, 0.2) is 34.7 Å². The fraction of sp³-hybridized carbons (Fsp3) is 0.650. The van der Waals surface area contributed by atoms with E-state index in [9.17, 15) is 9.90 Å². The summed E-state index contributed by atoms with van der Waals surface area (Å²) in [4.78, 5) is 12.5. The smallest absolute Gasteiger partial charge is 0.310 e. The Kier molecular flexibility index (Phi) is 4.16. The molecule has 4 unspecified atom stereocenters. The Bertz CT molecular complexity index is 600. The molecule has 1 saturated carbocycles. The number of furan rings is 1. The van der Waals surface area contributed by atoms with Crippen molar-refractivity contribution in [2.75, 3.05) is 0 Å². The van der Waals surface area contributed by atoms with Crippen molar-refractivity contribution in [3.05, 3.63) is 35.8 Å². The number of hydrogen-bond acceptors (Lipinski definition) is 2. The maximum absolute atomic E-state index is 12.5. The van der Waals surface area contributed by atoms with Crippen LogP contribution in [-0.4, -0.2) is 11.1 Å². The second kappa shape index (κ2) is 5.85. The number of allylic oxidation sites excluding steroid dienone is 2. The molecule has 0 amide bonds. The fourth-order valence-corrected chi connectivity index (χ4v) is 5.28. The molecule has 0 spiro atoms. The van der Waals surface area contributed by atoms with Gasteiger partial charge < -0.3 is 9.52 Å².